The van der Waals surface area contributed by atoms with Gasteiger partial charge in [-0.15, -0.1) is 0 Å². The van der Waals surface area contributed by atoms with Gasteiger partial charge in [-0.3, -0.25) is 5.10 Å². The molecule has 2 aromatic heterocycles. The van der Waals surface area contributed by atoms with Crippen molar-refractivity contribution >= 4 is 16.9 Å². The van der Waals surface area contributed by atoms with E-state index < -0.39 is 0 Å². The monoisotopic (exact) mass is 345 g/mol. The van der Waals surface area contributed by atoms with E-state index in [9.17, 15) is 4.79 Å². The number of aryl methyl sites for hydroxylation is 2. The number of ether oxygens (including phenoxy) is 1. The summed E-state index contributed by atoms with van der Waals surface area (Å²) in [5, 5.41) is 8.35. The first-order valence-electron chi connectivity index (χ1n) is 8.48. The molecule has 0 spiro atoms. The summed E-state index contributed by atoms with van der Waals surface area (Å²) in [6.07, 6.45) is 0. The number of hydrogen-bond acceptors (Lipinski definition) is 3. The Bertz CT molecular complexity index is 1060. The minimum absolute atomic E-state index is 0.243. The lowest BCUT2D eigenvalue weighted by Gasteiger charge is -2.07. The van der Waals surface area contributed by atoms with Gasteiger partial charge in [-0.1, -0.05) is 36.4 Å². The fourth-order valence-corrected chi connectivity index (χ4v) is 3.17. The summed E-state index contributed by atoms with van der Waals surface area (Å²) in [6.45, 7) is 4.31. The van der Waals surface area contributed by atoms with Gasteiger partial charge in [-0.05, 0) is 43.7 Å². The number of nitrogens with zero attached hydrogens (tertiary/aromatic N) is 2. The van der Waals surface area contributed by atoms with Crippen LogP contribution in [0, 0.1) is 13.8 Å². The number of para-hydroxylation sites is 1. The van der Waals surface area contributed by atoms with Crippen molar-refractivity contribution in [3.05, 3.63) is 83.2 Å². The number of benzene rings is 2. The Hall–Kier alpha value is -3.34. The molecule has 0 aliphatic carbocycles. The molecule has 0 bridgehead atoms. The maximum atomic E-state index is 12.6. The number of rotatable bonds is 4. The summed E-state index contributed by atoms with van der Waals surface area (Å²) in [7, 11) is 0. The number of carbonyl (C=O) groups is 1. The fraction of sp³-hybridized carbons (Fsp3) is 0.143. The predicted molar refractivity (Wildman–Crippen MR) is 100 cm³/mol. The average Bonchev–Trinajstić information content (AvgIpc) is 3.23. The maximum absolute atomic E-state index is 12.6. The minimum Gasteiger partial charge on any atom is -0.457 e. The first-order chi connectivity index (χ1) is 12.6. The standard InChI is InChI=1S/C21H19N3O2/c1-14-11-12-15(2)24(14)20-17-9-6-10-18(19(17)22-23-20)21(25)26-13-16-7-4-3-5-8-16/h3-12H,13H2,1-2H3,(H,22,23). The third-order valence-electron chi connectivity index (χ3n) is 4.49. The number of nitrogens with one attached hydrogen (secondary N) is 1. The van der Waals surface area contributed by atoms with Gasteiger partial charge < -0.3 is 9.30 Å². The summed E-state index contributed by atoms with van der Waals surface area (Å²) in [4.78, 5) is 12.6. The Morgan fingerprint density at radius 2 is 1.73 bits per heavy atom. The molecule has 0 fully saturated rings. The second-order valence-electron chi connectivity index (χ2n) is 6.29. The van der Waals surface area contributed by atoms with Gasteiger partial charge in [0.25, 0.3) is 0 Å². The largest absolute Gasteiger partial charge is 0.457 e. The molecule has 5 heteroatoms. The second-order valence-corrected chi connectivity index (χ2v) is 6.29. The summed E-state index contributed by atoms with van der Waals surface area (Å²) < 4.78 is 7.54. The van der Waals surface area contributed by atoms with Crippen LogP contribution in [0.1, 0.15) is 27.3 Å². The van der Waals surface area contributed by atoms with Gasteiger partial charge in [0, 0.05) is 16.8 Å². The molecular formula is C21H19N3O2. The van der Waals surface area contributed by atoms with Gasteiger partial charge in [0.15, 0.2) is 5.82 Å². The molecule has 130 valence electrons. The van der Waals surface area contributed by atoms with Gasteiger partial charge in [-0.25, -0.2) is 4.79 Å². The first-order valence-corrected chi connectivity index (χ1v) is 8.48. The van der Waals surface area contributed by atoms with E-state index in [-0.39, 0.29) is 12.6 Å². The van der Waals surface area contributed by atoms with Crippen molar-refractivity contribution in [1.29, 1.82) is 0 Å². The number of hydrogen-bond donors (Lipinski definition) is 1. The molecule has 2 heterocycles. The number of fused-ring (bicyclic) bond motifs is 1. The minimum atomic E-state index is -0.365. The van der Waals surface area contributed by atoms with E-state index in [0.29, 0.717) is 11.1 Å². The van der Waals surface area contributed by atoms with Crippen LogP contribution >= 0.6 is 0 Å². The highest BCUT2D eigenvalue weighted by Gasteiger charge is 2.18. The smallest absolute Gasteiger partial charge is 0.340 e. The van der Waals surface area contributed by atoms with Crippen LogP contribution in [0.2, 0.25) is 0 Å². The summed E-state index contributed by atoms with van der Waals surface area (Å²) >= 11 is 0. The van der Waals surface area contributed by atoms with Crippen LogP contribution in [0.15, 0.2) is 60.7 Å². The number of aromatic amines is 1. The highest BCUT2D eigenvalue weighted by atomic mass is 16.5. The molecule has 0 saturated heterocycles. The lowest BCUT2D eigenvalue weighted by atomic mass is 10.1. The quantitative estimate of drug-likeness (QED) is 0.560. The molecule has 0 radical (unpaired) electrons. The molecular weight excluding hydrogens is 326 g/mol. The van der Waals surface area contributed by atoms with Crippen molar-refractivity contribution in [3.8, 4) is 5.82 Å². The van der Waals surface area contributed by atoms with E-state index in [4.69, 9.17) is 4.74 Å². The zero-order valence-corrected chi connectivity index (χ0v) is 14.7. The number of aromatic nitrogens is 3. The van der Waals surface area contributed by atoms with Crippen molar-refractivity contribution in [1.82, 2.24) is 14.8 Å². The van der Waals surface area contributed by atoms with Crippen molar-refractivity contribution < 1.29 is 9.53 Å². The lowest BCUT2D eigenvalue weighted by molar-refractivity contribution is 0.0475. The molecule has 26 heavy (non-hydrogen) atoms. The molecule has 0 amide bonds. The van der Waals surface area contributed by atoms with Crippen molar-refractivity contribution in [2.75, 3.05) is 0 Å². The predicted octanol–water partition coefficient (Wildman–Crippen LogP) is 4.33. The molecule has 4 rings (SSSR count). The average molecular weight is 345 g/mol. The molecule has 2 aromatic carbocycles. The third kappa shape index (κ3) is 2.77. The molecule has 5 nitrogen and oxygen atoms in total. The molecule has 0 aliphatic heterocycles. The Kier molecular flexibility index (Phi) is 4.05. The van der Waals surface area contributed by atoms with E-state index in [1.807, 2.05) is 68.4 Å². The molecule has 0 unspecified atom stereocenters. The summed E-state index contributed by atoms with van der Waals surface area (Å²) in [5.41, 5.74) is 4.31. The molecule has 0 aliphatic rings. The van der Waals surface area contributed by atoms with Crippen LogP contribution in [0.5, 0.6) is 0 Å². The zero-order chi connectivity index (χ0) is 18.1. The summed E-state index contributed by atoms with van der Waals surface area (Å²) in [5.74, 6) is 0.424. The van der Waals surface area contributed by atoms with Crippen molar-refractivity contribution in [2.45, 2.75) is 20.5 Å². The first kappa shape index (κ1) is 16.1. The SMILES string of the molecule is Cc1ccc(C)n1-c1n[nH]c2c(C(=O)OCc3ccccc3)cccc12. The zero-order valence-electron chi connectivity index (χ0n) is 14.7. The Morgan fingerprint density at radius 3 is 2.46 bits per heavy atom. The fourth-order valence-electron chi connectivity index (χ4n) is 3.17. The third-order valence-corrected chi connectivity index (χ3v) is 4.49. The summed E-state index contributed by atoms with van der Waals surface area (Å²) in [6, 6.07) is 19.3. The second kappa shape index (κ2) is 6.52. The van der Waals surface area contributed by atoms with Crippen molar-refractivity contribution in [2.24, 2.45) is 0 Å². The van der Waals surface area contributed by atoms with Gasteiger partial charge in [0.1, 0.15) is 6.61 Å². The van der Waals surface area contributed by atoms with Gasteiger partial charge in [0.2, 0.25) is 0 Å². The van der Waals surface area contributed by atoms with E-state index >= 15 is 0 Å². The molecule has 0 saturated carbocycles. The van der Waals surface area contributed by atoms with E-state index in [0.717, 1.165) is 28.2 Å². The van der Waals surface area contributed by atoms with Crippen LogP contribution in [-0.4, -0.2) is 20.7 Å². The van der Waals surface area contributed by atoms with Crippen LogP contribution in [0.4, 0.5) is 0 Å². The molecule has 4 aromatic rings. The molecule has 1 N–H and O–H groups in total. The topological polar surface area (TPSA) is 59.9 Å². The van der Waals surface area contributed by atoms with Gasteiger partial charge >= 0.3 is 5.97 Å². The number of H-pyrrole nitrogens is 1. The number of carbonyl (C=O) groups excluding carboxylic acids is 1. The normalized spacial score (nSPS) is 11.0. The Morgan fingerprint density at radius 1 is 1.00 bits per heavy atom. The highest BCUT2D eigenvalue weighted by molar-refractivity contribution is 6.04. The Balaban J connectivity index is 1.68. The number of esters is 1. The van der Waals surface area contributed by atoms with Crippen LogP contribution in [0.25, 0.3) is 16.7 Å². The van der Waals surface area contributed by atoms with Crippen LogP contribution in [-0.2, 0) is 11.3 Å². The maximum Gasteiger partial charge on any atom is 0.340 e. The highest BCUT2D eigenvalue weighted by Crippen LogP contribution is 2.26. The van der Waals surface area contributed by atoms with E-state index in [1.165, 1.54) is 0 Å². The molecule has 0 atom stereocenters. The van der Waals surface area contributed by atoms with E-state index in [1.54, 1.807) is 6.07 Å². The van der Waals surface area contributed by atoms with Crippen LogP contribution < -0.4 is 0 Å². The van der Waals surface area contributed by atoms with Gasteiger partial charge in [0.05, 0.1) is 11.1 Å². The lowest BCUT2D eigenvalue weighted by Crippen LogP contribution is -2.06. The Labute approximate surface area is 151 Å². The van der Waals surface area contributed by atoms with Crippen LogP contribution in [0.3, 0.4) is 0 Å². The van der Waals surface area contributed by atoms with E-state index in [2.05, 4.69) is 14.8 Å². The van der Waals surface area contributed by atoms with Gasteiger partial charge in [-0.2, -0.15) is 5.10 Å². The van der Waals surface area contributed by atoms with Crippen molar-refractivity contribution in [3.63, 3.8) is 0 Å².